The quantitative estimate of drug-likeness (QED) is 0.326. The molecule has 8 heteroatoms. The standard InChI is InChI=1S/C25H21FN4O3/c1-32-22-11-13-23(14-12-22)33-17-24(31)28-27-15-19-16-30(21-5-3-2-4-6-21)29-25(19)18-7-9-20(26)10-8-18/h2-16H,17H2,1H3,(H,28,31)/b27-15-. The monoisotopic (exact) mass is 444 g/mol. The van der Waals surface area contributed by atoms with Crippen molar-refractivity contribution >= 4 is 12.1 Å². The summed E-state index contributed by atoms with van der Waals surface area (Å²) in [6, 6.07) is 22.5. The number of carbonyl (C=O) groups is 1. The van der Waals surface area contributed by atoms with Gasteiger partial charge in [0.15, 0.2) is 6.61 Å². The van der Waals surface area contributed by atoms with Crippen molar-refractivity contribution in [2.45, 2.75) is 0 Å². The summed E-state index contributed by atoms with van der Waals surface area (Å²) in [5.41, 5.74) is 5.28. The Balaban J connectivity index is 1.46. The first-order valence-electron chi connectivity index (χ1n) is 10.1. The number of halogens is 1. The van der Waals surface area contributed by atoms with Crippen LogP contribution in [0.15, 0.2) is 90.2 Å². The summed E-state index contributed by atoms with van der Waals surface area (Å²) >= 11 is 0. The Morgan fingerprint density at radius 2 is 1.73 bits per heavy atom. The number of rotatable bonds is 8. The highest BCUT2D eigenvalue weighted by molar-refractivity contribution is 5.89. The van der Waals surface area contributed by atoms with Gasteiger partial charge in [-0.25, -0.2) is 14.5 Å². The Bertz CT molecular complexity index is 1240. The predicted octanol–water partition coefficient (Wildman–Crippen LogP) is 4.22. The molecule has 3 aromatic carbocycles. The van der Waals surface area contributed by atoms with E-state index in [9.17, 15) is 9.18 Å². The zero-order chi connectivity index (χ0) is 23.0. The third-order valence-electron chi connectivity index (χ3n) is 4.70. The third kappa shape index (κ3) is 5.62. The topological polar surface area (TPSA) is 77.7 Å². The lowest BCUT2D eigenvalue weighted by molar-refractivity contribution is -0.123. The van der Waals surface area contributed by atoms with E-state index in [1.165, 1.54) is 18.3 Å². The number of nitrogens with one attached hydrogen (secondary N) is 1. The first-order valence-corrected chi connectivity index (χ1v) is 10.1. The third-order valence-corrected chi connectivity index (χ3v) is 4.70. The SMILES string of the molecule is COc1ccc(OCC(=O)N/N=C\c2cn(-c3ccccc3)nc2-c2ccc(F)cc2)cc1. The van der Waals surface area contributed by atoms with E-state index >= 15 is 0 Å². The summed E-state index contributed by atoms with van der Waals surface area (Å²) in [5.74, 6) is 0.489. The molecule has 0 saturated carbocycles. The second-order valence-corrected chi connectivity index (χ2v) is 6.98. The molecule has 0 unspecified atom stereocenters. The zero-order valence-corrected chi connectivity index (χ0v) is 17.8. The van der Waals surface area contributed by atoms with Gasteiger partial charge < -0.3 is 9.47 Å². The maximum atomic E-state index is 13.4. The molecule has 33 heavy (non-hydrogen) atoms. The number of ether oxygens (including phenoxy) is 2. The van der Waals surface area contributed by atoms with Crippen LogP contribution < -0.4 is 14.9 Å². The summed E-state index contributed by atoms with van der Waals surface area (Å²) in [6.07, 6.45) is 3.29. The molecule has 0 radical (unpaired) electrons. The van der Waals surface area contributed by atoms with Crippen molar-refractivity contribution in [3.63, 3.8) is 0 Å². The highest BCUT2D eigenvalue weighted by atomic mass is 19.1. The number of carbonyl (C=O) groups excluding carboxylic acids is 1. The predicted molar refractivity (Wildman–Crippen MR) is 123 cm³/mol. The van der Waals surface area contributed by atoms with Crippen LogP contribution in [0, 0.1) is 5.82 Å². The van der Waals surface area contributed by atoms with Gasteiger partial charge in [-0.2, -0.15) is 10.2 Å². The van der Waals surface area contributed by atoms with Gasteiger partial charge in [0.1, 0.15) is 23.0 Å². The summed E-state index contributed by atoms with van der Waals surface area (Å²) in [5, 5.41) is 8.66. The van der Waals surface area contributed by atoms with Crippen LogP contribution in [0.3, 0.4) is 0 Å². The Labute approximate surface area is 190 Å². The van der Waals surface area contributed by atoms with Crippen LogP contribution in [0.1, 0.15) is 5.56 Å². The van der Waals surface area contributed by atoms with Gasteiger partial charge in [-0.1, -0.05) is 18.2 Å². The number of hydrogen-bond donors (Lipinski definition) is 1. The molecule has 0 aliphatic carbocycles. The summed E-state index contributed by atoms with van der Waals surface area (Å²) < 4.78 is 25.6. The van der Waals surface area contributed by atoms with E-state index in [4.69, 9.17) is 9.47 Å². The first-order chi connectivity index (χ1) is 16.1. The molecular formula is C25H21FN4O3. The van der Waals surface area contributed by atoms with Crippen LogP contribution in [0.5, 0.6) is 11.5 Å². The number of hydrazone groups is 1. The first kappa shape index (κ1) is 21.8. The largest absolute Gasteiger partial charge is 0.497 e. The molecule has 0 spiro atoms. The van der Waals surface area contributed by atoms with Crippen molar-refractivity contribution in [1.29, 1.82) is 0 Å². The molecule has 4 aromatic rings. The Hall–Kier alpha value is -4.46. The summed E-state index contributed by atoms with van der Waals surface area (Å²) in [6.45, 7) is -0.197. The van der Waals surface area contributed by atoms with Gasteiger partial charge in [0.2, 0.25) is 0 Å². The number of nitrogens with zero attached hydrogens (tertiary/aromatic N) is 3. The van der Waals surface area contributed by atoms with E-state index in [1.54, 1.807) is 54.4 Å². The second-order valence-electron chi connectivity index (χ2n) is 6.98. The van der Waals surface area contributed by atoms with Gasteiger partial charge in [-0.05, 0) is 60.7 Å². The number of amides is 1. The molecule has 1 amide bonds. The van der Waals surface area contributed by atoms with Gasteiger partial charge in [-0.15, -0.1) is 0 Å². The Morgan fingerprint density at radius 3 is 2.42 bits per heavy atom. The molecule has 4 rings (SSSR count). The number of aromatic nitrogens is 2. The number of methoxy groups -OCH3 is 1. The molecule has 7 nitrogen and oxygen atoms in total. The number of para-hydroxylation sites is 1. The highest BCUT2D eigenvalue weighted by Crippen LogP contribution is 2.23. The number of hydrogen-bond acceptors (Lipinski definition) is 5. The molecular weight excluding hydrogens is 423 g/mol. The lowest BCUT2D eigenvalue weighted by Gasteiger charge is -2.05. The van der Waals surface area contributed by atoms with E-state index in [0.29, 0.717) is 22.8 Å². The lowest BCUT2D eigenvalue weighted by Crippen LogP contribution is -2.24. The molecule has 166 valence electrons. The average molecular weight is 444 g/mol. The average Bonchev–Trinajstić information content (AvgIpc) is 3.28. The van der Waals surface area contributed by atoms with Crippen molar-refractivity contribution in [3.05, 3.63) is 96.4 Å². The summed E-state index contributed by atoms with van der Waals surface area (Å²) in [7, 11) is 1.58. The second kappa shape index (κ2) is 10.2. The molecule has 1 aromatic heterocycles. The lowest BCUT2D eigenvalue weighted by atomic mass is 10.1. The fourth-order valence-corrected chi connectivity index (χ4v) is 3.05. The highest BCUT2D eigenvalue weighted by Gasteiger charge is 2.11. The number of benzene rings is 3. The Morgan fingerprint density at radius 1 is 1.03 bits per heavy atom. The van der Waals surface area contributed by atoms with E-state index in [1.807, 2.05) is 30.3 Å². The van der Waals surface area contributed by atoms with Gasteiger partial charge >= 0.3 is 0 Å². The van der Waals surface area contributed by atoms with E-state index in [2.05, 4.69) is 15.6 Å². The van der Waals surface area contributed by atoms with Crippen LogP contribution >= 0.6 is 0 Å². The minimum absolute atomic E-state index is 0.197. The molecule has 0 aliphatic heterocycles. The minimum Gasteiger partial charge on any atom is -0.497 e. The van der Waals surface area contributed by atoms with Gasteiger partial charge in [0.25, 0.3) is 5.91 Å². The van der Waals surface area contributed by atoms with E-state index in [-0.39, 0.29) is 12.4 Å². The van der Waals surface area contributed by atoms with Crippen molar-refractivity contribution in [1.82, 2.24) is 15.2 Å². The maximum Gasteiger partial charge on any atom is 0.277 e. The fraction of sp³-hybridized carbons (Fsp3) is 0.0800. The molecule has 0 saturated heterocycles. The molecule has 0 aliphatic rings. The maximum absolute atomic E-state index is 13.4. The molecule has 1 heterocycles. The van der Waals surface area contributed by atoms with Crippen LogP contribution in [0.25, 0.3) is 16.9 Å². The van der Waals surface area contributed by atoms with Gasteiger partial charge in [0, 0.05) is 17.3 Å². The molecule has 0 fully saturated rings. The Kier molecular flexibility index (Phi) is 6.75. The summed E-state index contributed by atoms with van der Waals surface area (Å²) in [4.78, 5) is 12.1. The van der Waals surface area contributed by atoms with Crippen molar-refractivity contribution in [2.24, 2.45) is 5.10 Å². The van der Waals surface area contributed by atoms with E-state index < -0.39 is 5.91 Å². The van der Waals surface area contributed by atoms with Gasteiger partial charge in [-0.3, -0.25) is 4.79 Å². The normalized spacial score (nSPS) is 10.8. The minimum atomic E-state index is -0.416. The van der Waals surface area contributed by atoms with Crippen LogP contribution in [-0.4, -0.2) is 35.6 Å². The van der Waals surface area contributed by atoms with Crippen molar-refractivity contribution in [3.8, 4) is 28.4 Å². The molecule has 1 N–H and O–H groups in total. The smallest absolute Gasteiger partial charge is 0.277 e. The van der Waals surface area contributed by atoms with Crippen molar-refractivity contribution in [2.75, 3.05) is 13.7 Å². The van der Waals surface area contributed by atoms with Crippen LogP contribution in [0.4, 0.5) is 4.39 Å². The van der Waals surface area contributed by atoms with Gasteiger partial charge in [0.05, 0.1) is 19.0 Å². The van der Waals surface area contributed by atoms with Crippen LogP contribution in [0.2, 0.25) is 0 Å². The zero-order valence-electron chi connectivity index (χ0n) is 17.8. The fourth-order valence-electron chi connectivity index (χ4n) is 3.05. The van der Waals surface area contributed by atoms with Crippen molar-refractivity contribution < 1.29 is 18.7 Å². The molecule has 0 atom stereocenters. The van der Waals surface area contributed by atoms with E-state index in [0.717, 1.165) is 11.3 Å². The molecule has 0 bridgehead atoms. The van der Waals surface area contributed by atoms with Crippen LogP contribution in [-0.2, 0) is 4.79 Å².